The molecule has 2 aromatic carbocycles. The highest BCUT2D eigenvalue weighted by molar-refractivity contribution is 6.42. The molecule has 0 saturated heterocycles. The van der Waals surface area contributed by atoms with Gasteiger partial charge in [-0.15, -0.1) is 0 Å². The van der Waals surface area contributed by atoms with Gasteiger partial charge in [0.1, 0.15) is 0 Å². The van der Waals surface area contributed by atoms with Crippen molar-refractivity contribution in [1.82, 2.24) is 0 Å². The first kappa shape index (κ1) is 13.7. The van der Waals surface area contributed by atoms with E-state index >= 15 is 0 Å². The molecule has 0 aliphatic carbocycles. The number of halogens is 2. The summed E-state index contributed by atoms with van der Waals surface area (Å²) in [5.41, 5.74) is 7.47. The van der Waals surface area contributed by atoms with Gasteiger partial charge in [-0.1, -0.05) is 35.3 Å². The van der Waals surface area contributed by atoms with E-state index in [4.69, 9.17) is 28.9 Å². The summed E-state index contributed by atoms with van der Waals surface area (Å²) in [6, 6.07) is 12.0. The Morgan fingerprint density at radius 1 is 1.05 bits per heavy atom. The van der Waals surface area contributed by atoms with Crippen LogP contribution in [0.25, 0.3) is 6.08 Å². The van der Waals surface area contributed by atoms with E-state index < -0.39 is 0 Å². The summed E-state index contributed by atoms with van der Waals surface area (Å²) in [6.45, 7) is 0. The monoisotopic (exact) mass is 291 g/mol. The highest BCUT2D eigenvalue weighted by Crippen LogP contribution is 2.26. The minimum atomic E-state index is -0.115. The van der Waals surface area contributed by atoms with Crippen LogP contribution >= 0.6 is 23.2 Å². The van der Waals surface area contributed by atoms with E-state index in [1.165, 1.54) is 6.08 Å². The number of nitrogen functional groups attached to an aromatic ring is 1. The molecule has 96 valence electrons. The number of nitrogens with two attached hydrogens (primary N) is 1. The Labute approximate surface area is 121 Å². The van der Waals surface area contributed by atoms with Crippen LogP contribution in [0.2, 0.25) is 10.0 Å². The normalized spacial score (nSPS) is 10.8. The molecule has 2 aromatic rings. The lowest BCUT2D eigenvalue weighted by Crippen LogP contribution is -1.94. The summed E-state index contributed by atoms with van der Waals surface area (Å²) >= 11 is 11.9. The number of rotatable bonds is 3. The fraction of sp³-hybridized carbons (Fsp3) is 0. The maximum absolute atomic E-state index is 11.9. The van der Waals surface area contributed by atoms with Gasteiger partial charge in [0.2, 0.25) is 0 Å². The average molecular weight is 292 g/mol. The Morgan fingerprint density at radius 2 is 1.74 bits per heavy atom. The molecule has 0 aliphatic heterocycles. The van der Waals surface area contributed by atoms with Crippen molar-refractivity contribution in [3.63, 3.8) is 0 Å². The molecule has 4 heteroatoms. The maximum atomic E-state index is 11.9. The van der Waals surface area contributed by atoms with Gasteiger partial charge in [0.05, 0.1) is 10.0 Å². The van der Waals surface area contributed by atoms with Gasteiger partial charge in [-0.3, -0.25) is 4.79 Å². The Bertz CT molecular complexity index is 633. The van der Waals surface area contributed by atoms with Gasteiger partial charge in [-0.2, -0.15) is 0 Å². The molecule has 2 N–H and O–H groups in total. The third kappa shape index (κ3) is 3.37. The Kier molecular flexibility index (Phi) is 4.25. The zero-order valence-electron chi connectivity index (χ0n) is 9.94. The van der Waals surface area contributed by atoms with E-state index in [-0.39, 0.29) is 5.78 Å². The standard InChI is InChI=1S/C15H11Cl2NO/c16-13-3-1-2-11(15(13)17)6-9-14(19)10-4-7-12(18)8-5-10/h1-9H,18H2/b9-6+. The van der Waals surface area contributed by atoms with Crippen molar-refractivity contribution in [2.45, 2.75) is 0 Å². The predicted octanol–water partition coefficient (Wildman–Crippen LogP) is 4.47. The minimum absolute atomic E-state index is 0.115. The fourth-order valence-electron chi connectivity index (χ4n) is 1.56. The Balaban J connectivity index is 2.21. The smallest absolute Gasteiger partial charge is 0.185 e. The molecule has 0 fully saturated rings. The summed E-state index contributed by atoms with van der Waals surface area (Å²) in [5, 5.41) is 0.897. The minimum Gasteiger partial charge on any atom is -0.399 e. The maximum Gasteiger partial charge on any atom is 0.185 e. The van der Waals surface area contributed by atoms with E-state index in [0.717, 1.165) is 0 Å². The van der Waals surface area contributed by atoms with Gasteiger partial charge >= 0.3 is 0 Å². The zero-order chi connectivity index (χ0) is 13.8. The summed E-state index contributed by atoms with van der Waals surface area (Å²) in [7, 11) is 0. The quantitative estimate of drug-likeness (QED) is 0.515. The summed E-state index contributed by atoms with van der Waals surface area (Å²) in [4.78, 5) is 11.9. The number of ketones is 1. The van der Waals surface area contributed by atoms with Crippen molar-refractivity contribution in [3.05, 3.63) is 69.7 Å². The molecular weight excluding hydrogens is 281 g/mol. The first-order chi connectivity index (χ1) is 9.08. The highest BCUT2D eigenvalue weighted by Gasteiger charge is 2.03. The van der Waals surface area contributed by atoms with Gasteiger partial charge in [-0.25, -0.2) is 0 Å². The van der Waals surface area contributed by atoms with Crippen molar-refractivity contribution in [2.75, 3.05) is 5.73 Å². The first-order valence-corrected chi connectivity index (χ1v) is 6.35. The van der Waals surface area contributed by atoms with Crippen LogP contribution in [0.5, 0.6) is 0 Å². The highest BCUT2D eigenvalue weighted by atomic mass is 35.5. The van der Waals surface area contributed by atoms with Crippen LogP contribution in [0.1, 0.15) is 15.9 Å². The lowest BCUT2D eigenvalue weighted by atomic mass is 10.1. The van der Waals surface area contributed by atoms with Crippen LogP contribution in [-0.2, 0) is 0 Å². The predicted molar refractivity (Wildman–Crippen MR) is 80.7 cm³/mol. The van der Waals surface area contributed by atoms with Crippen LogP contribution in [0.15, 0.2) is 48.5 Å². The second-order valence-electron chi connectivity index (χ2n) is 3.96. The topological polar surface area (TPSA) is 43.1 Å². The van der Waals surface area contributed by atoms with Crippen molar-refractivity contribution >= 4 is 40.7 Å². The van der Waals surface area contributed by atoms with Gasteiger partial charge in [0.25, 0.3) is 0 Å². The van der Waals surface area contributed by atoms with E-state index in [1.807, 2.05) is 0 Å². The molecule has 0 atom stereocenters. The molecular formula is C15H11Cl2NO. The first-order valence-electron chi connectivity index (χ1n) is 5.60. The molecule has 2 rings (SSSR count). The summed E-state index contributed by atoms with van der Waals surface area (Å²) in [5.74, 6) is -0.115. The lowest BCUT2D eigenvalue weighted by Gasteiger charge is -2.00. The second-order valence-corrected chi connectivity index (χ2v) is 4.75. The van der Waals surface area contributed by atoms with Crippen LogP contribution in [0.4, 0.5) is 5.69 Å². The Morgan fingerprint density at radius 3 is 2.42 bits per heavy atom. The molecule has 0 bridgehead atoms. The van der Waals surface area contributed by atoms with Crippen LogP contribution in [-0.4, -0.2) is 5.78 Å². The number of benzene rings is 2. The molecule has 0 aliphatic rings. The molecule has 0 unspecified atom stereocenters. The van der Waals surface area contributed by atoms with Gasteiger partial charge in [-0.05, 0) is 48.0 Å². The largest absolute Gasteiger partial charge is 0.399 e. The van der Waals surface area contributed by atoms with Gasteiger partial charge in [0.15, 0.2) is 5.78 Å². The number of carbonyl (C=O) groups is 1. The summed E-state index contributed by atoms with van der Waals surface area (Å²) in [6.07, 6.45) is 3.11. The van der Waals surface area contributed by atoms with E-state index in [9.17, 15) is 4.79 Å². The van der Waals surface area contributed by atoms with Crippen molar-refractivity contribution in [3.8, 4) is 0 Å². The average Bonchev–Trinajstić information content (AvgIpc) is 2.41. The van der Waals surface area contributed by atoms with E-state index in [1.54, 1.807) is 48.5 Å². The van der Waals surface area contributed by atoms with Crippen molar-refractivity contribution in [1.29, 1.82) is 0 Å². The van der Waals surface area contributed by atoms with Crippen molar-refractivity contribution in [2.24, 2.45) is 0 Å². The van der Waals surface area contributed by atoms with Crippen LogP contribution in [0, 0.1) is 0 Å². The van der Waals surface area contributed by atoms with E-state index in [2.05, 4.69) is 0 Å². The third-order valence-electron chi connectivity index (χ3n) is 2.59. The molecule has 0 saturated carbocycles. The SMILES string of the molecule is Nc1ccc(C(=O)/C=C/c2cccc(Cl)c2Cl)cc1. The van der Waals surface area contributed by atoms with E-state index in [0.29, 0.717) is 26.9 Å². The molecule has 0 aromatic heterocycles. The van der Waals surface area contributed by atoms with Crippen LogP contribution in [0.3, 0.4) is 0 Å². The third-order valence-corrected chi connectivity index (χ3v) is 3.42. The molecule has 0 amide bonds. The van der Waals surface area contributed by atoms with Crippen LogP contribution < -0.4 is 5.73 Å². The molecule has 2 nitrogen and oxygen atoms in total. The second kappa shape index (κ2) is 5.91. The molecule has 0 heterocycles. The number of anilines is 1. The number of hydrogen-bond acceptors (Lipinski definition) is 2. The zero-order valence-corrected chi connectivity index (χ0v) is 11.4. The fourth-order valence-corrected chi connectivity index (χ4v) is 1.93. The molecule has 19 heavy (non-hydrogen) atoms. The number of allylic oxidation sites excluding steroid dienone is 1. The van der Waals surface area contributed by atoms with Gasteiger partial charge < -0.3 is 5.73 Å². The Hall–Kier alpha value is -1.77. The van der Waals surface area contributed by atoms with Gasteiger partial charge in [0, 0.05) is 11.3 Å². The number of carbonyl (C=O) groups excluding carboxylic acids is 1. The molecule has 0 spiro atoms. The summed E-state index contributed by atoms with van der Waals surface area (Å²) < 4.78 is 0. The number of hydrogen-bond donors (Lipinski definition) is 1. The lowest BCUT2D eigenvalue weighted by molar-refractivity contribution is 0.104. The molecule has 0 radical (unpaired) electrons. The van der Waals surface area contributed by atoms with Crippen molar-refractivity contribution < 1.29 is 4.79 Å².